The highest BCUT2D eigenvalue weighted by atomic mass is 79.9. The van der Waals surface area contributed by atoms with Crippen LogP contribution in [0.1, 0.15) is 16.7 Å². The van der Waals surface area contributed by atoms with Gasteiger partial charge in [-0.2, -0.15) is 0 Å². The predicted molar refractivity (Wildman–Crippen MR) is 131 cm³/mol. The molecule has 0 N–H and O–H groups in total. The van der Waals surface area contributed by atoms with Gasteiger partial charge in [0.2, 0.25) is 0 Å². The molecule has 30 heavy (non-hydrogen) atoms. The lowest BCUT2D eigenvalue weighted by atomic mass is 9.95. The Morgan fingerprint density at radius 1 is 0.667 bits per heavy atom. The van der Waals surface area contributed by atoms with Crippen LogP contribution in [0.2, 0.25) is 0 Å². The normalized spacial score (nSPS) is 11.7. The van der Waals surface area contributed by atoms with E-state index in [1.165, 1.54) is 15.4 Å². The summed E-state index contributed by atoms with van der Waals surface area (Å²) in [6, 6.07) is 37.7. The van der Waals surface area contributed by atoms with Gasteiger partial charge >= 0.3 is 0 Å². The second-order valence-electron chi connectivity index (χ2n) is 6.69. The Balaban J connectivity index is 1.89. The van der Waals surface area contributed by atoms with E-state index in [9.17, 15) is 0 Å². The first-order valence-electron chi connectivity index (χ1n) is 9.68. The van der Waals surface area contributed by atoms with Gasteiger partial charge < -0.3 is 4.74 Å². The third kappa shape index (κ3) is 4.69. The van der Waals surface area contributed by atoms with Gasteiger partial charge in [-0.05, 0) is 63.0 Å². The largest absolute Gasteiger partial charge is 0.497 e. The predicted octanol–water partition coefficient (Wildman–Crippen LogP) is 8.16. The fourth-order valence-corrected chi connectivity index (χ4v) is 4.95. The molecule has 4 aromatic carbocycles. The van der Waals surface area contributed by atoms with Crippen molar-refractivity contribution in [3.05, 3.63) is 126 Å². The minimum absolute atomic E-state index is 0.848. The molecule has 0 aliphatic rings. The Labute approximate surface area is 190 Å². The highest BCUT2D eigenvalue weighted by molar-refractivity contribution is 9.15. The zero-order valence-electron chi connectivity index (χ0n) is 16.6. The lowest BCUT2D eigenvalue weighted by Gasteiger charge is -2.17. The van der Waals surface area contributed by atoms with Gasteiger partial charge in [0.25, 0.3) is 0 Å². The van der Waals surface area contributed by atoms with Crippen LogP contribution in [-0.4, -0.2) is 7.11 Å². The molecule has 0 fully saturated rings. The van der Waals surface area contributed by atoms with Crippen LogP contribution in [0, 0.1) is 0 Å². The second-order valence-corrected chi connectivity index (χ2v) is 8.60. The molecule has 4 aromatic rings. The number of hydrogen-bond donors (Lipinski definition) is 0. The molecular formula is C27H21BrOS. The summed E-state index contributed by atoms with van der Waals surface area (Å²) in [5, 5.41) is 0. The van der Waals surface area contributed by atoms with E-state index in [-0.39, 0.29) is 0 Å². The Hall–Kier alpha value is -2.75. The number of methoxy groups -OCH3 is 1. The third-order valence-electron chi connectivity index (χ3n) is 4.75. The molecule has 3 heteroatoms. The van der Waals surface area contributed by atoms with E-state index in [1.807, 2.05) is 24.3 Å². The highest BCUT2D eigenvalue weighted by Crippen LogP contribution is 2.41. The van der Waals surface area contributed by atoms with Gasteiger partial charge in [0.15, 0.2) is 0 Å². The number of benzene rings is 4. The van der Waals surface area contributed by atoms with Crippen LogP contribution in [0.25, 0.3) is 10.1 Å². The van der Waals surface area contributed by atoms with Crippen LogP contribution in [-0.2, 0) is 0 Å². The van der Waals surface area contributed by atoms with Crippen molar-refractivity contribution in [3.8, 4) is 5.75 Å². The SMILES string of the molecule is COc1ccc(/C(=C(/Br)c2ccccc2)c2ccccc2Sc2ccccc2)cc1. The molecule has 1 nitrogen and oxygen atoms in total. The zero-order valence-corrected chi connectivity index (χ0v) is 19.0. The smallest absolute Gasteiger partial charge is 0.118 e. The molecule has 0 saturated carbocycles. The van der Waals surface area contributed by atoms with Gasteiger partial charge in [-0.25, -0.2) is 0 Å². The summed E-state index contributed by atoms with van der Waals surface area (Å²) < 4.78 is 6.43. The van der Waals surface area contributed by atoms with E-state index < -0.39 is 0 Å². The number of rotatable bonds is 6. The van der Waals surface area contributed by atoms with E-state index in [0.717, 1.165) is 26.9 Å². The maximum absolute atomic E-state index is 5.37. The van der Waals surface area contributed by atoms with Gasteiger partial charge in [0, 0.05) is 19.8 Å². The maximum Gasteiger partial charge on any atom is 0.118 e. The summed E-state index contributed by atoms with van der Waals surface area (Å²) in [5.74, 6) is 0.848. The lowest BCUT2D eigenvalue weighted by Crippen LogP contribution is -1.94. The molecule has 0 unspecified atom stereocenters. The third-order valence-corrected chi connectivity index (χ3v) is 6.69. The van der Waals surface area contributed by atoms with Crippen molar-refractivity contribution in [1.82, 2.24) is 0 Å². The fraction of sp³-hybridized carbons (Fsp3) is 0.0370. The maximum atomic E-state index is 5.37. The molecule has 0 spiro atoms. The van der Waals surface area contributed by atoms with Crippen molar-refractivity contribution in [1.29, 1.82) is 0 Å². The van der Waals surface area contributed by atoms with E-state index >= 15 is 0 Å². The zero-order chi connectivity index (χ0) is 20.8. The van der Waals surface area contributed by atoms with Crippen LogP contribution in [0.5, 0.6) is 5.75 Å². The van der Waals surface area contributed by atoms with Gasteiger partial charge in [-0.3, -0.25) is 0 Å². The van der Waals surface area contributed by atoms with Crippen LogP contribution >= 0.6 is 27.7 Å². The first kappa shape index (κ1) is 20.5. The van der Waals surface area contributed by atoms with Crippen LogP contribution in [0.3, 0.4) is 0 Å². The van der Waals surface area contributed by atoms with Gasteiger partial charge in [0.05, 0.1) is 7.11 Å². The van der Waals surface area contributed by atoms with Crippen molar-refractivity contribution in [2.75, 3.05) is 7.11 Å². The summed E-state index contributed by atoms with van der Waals surface area (Å²) in [4.78, 5) is 2.43. The monoisotopic (exact) mass is 472 g/mol. The molecule has 0 aliphatic carbocycles. The Morgan fingerprint density at radius 3 is 1.93 bits per heavy atom. The molecule has 148 valence electrons. The van der Waals surface area contributed by atoms with Crippen molar-refractivity contribution >= 4 is 37.7 Å². The molecule has 0 bridgehead atoms. The Kier molecular flexibility index (Phi) is 6.73. The van der Waals surface area contributed by atoms with Gasteiger partial charge in [-0.1, -0.05) is 90.6 Å². The fourth-order valence-electron chi connectivity index (χ4n) is 3.26. The molecule has 4 rings (SSSR count). The molecule has 0 radical (unpaired) electrons. The molecule has 0 aliphatic heterocycles. The number of hydrogen-bond acceptors (Lipinski definition) is 2. The minimum atomic E-state index is 0.848. The van der Waals surface area contributed by atoms with E-state index in [4.69, 9.17) is 4.74 Å². The number of halogens is 1. The summed E-state index contributed by atoms with van der Waals surface area (Å²) in [7, 11) is 1.69. The van der Waals surface area contributed by atoms with Crippen molar-refractivity contribution < 1.29 is 4.74 Å². The van der Waals surface area contributed by atoms with Crippen LogP contribution in [0.15, 0.2) is 119 Å². The van der Waals surface area contributed by atoms with Crippen molar-refractivity contribution in [2.24, 2.45) is 0 Å². The summed E-state index contributed by atoms with van der Waals surface area (Å²) in [6.07, 6.45) is 0. The summed E-state index contributed by atoms with van der Waals surface area (Å²) in [5.41, 5.74) is 4.62. The lowest BCUT2D eigenvalue weighted by molar-refractivity contribution is 0.415. The highest BCUT2D eigenvalue weighted by Gasteiger charge is 2.16. The average molecular weight is 473 g/mol. The number of ether oxygens (including phenoxy) is 1. The first-order valence-corrected chi connectivity index (χ1v) is 11.3. The second kappa shape index (κ2) is 9.84. The minimum Gasteiger partial charge on any atom is -0.497 e. The van der Waals surface area contributed by atoms with Crippen LogP contribution < -0.4 is 4.74 Å². The van der Waals surface area contributed by atoms with Crippen LogP contribution in [0.4, 0.5) is 0 Å². The quantitative estimate of drug-likeness (QED) is 0.261. The first-order chi connectivity index (χ1) is 14.8. The summed E-state index contributed by atoms with van der Waals surface area (Å²) in [6.45, 7) is 0. The molecule has 0 atom stereocenters. The van der Waals surface area contributed by atoms with Crippen molar-refractivity contribution in [2.45, 2.75) is 9.79 Å². The van der Waals surface area contributed by atoms with E-state index in [0.29, 0.717) is 0 Å². The van der Waals surface area contributed by atoms with Gasteiger partial charge in [0.1, 0.15) is 5.75 Å². The summed E-state index contributed by atoms with van der Waals surface area (Å²) >= 11 is 5.70. The van der Waals surface area contributed by atoms with Crippen molar-refractivity contribution in [3.63, 3.8) is 0 Å². The van der Waals surface area contributed by atoms with Gasteiger partial charge in [-0.15, -0.1) is 0 Å². The van der Waals surface area contributed by atoms with E-state index in [2.05, 4.69) is 101 Å². The molecule has 0 saturated heterocycles. The molecule has 0 aromatic heterocycles. The topological polar surface area (TPSA) is 9.23 Å². The molecular weight excluding hydrogens is 452 g/mol. The molecule has 0 amide bonds. The van der Waals surface area contributed by atoms with E-state index in [1.54, 1.807) is 18.9 Å². The Morgan fingerprint density at radius 2 is 1.27 bits per heavy atom. The Bertz CT molecular complexity index is 1140. The average Bonchev–Trinajstić information content (AvgIpc) is 2.82. The molecule has 0 heterocycles. The standard InChI is InChI=1S/C27H21BrOS/c1-29-22-18-16-20(17-19-22)26(27(28)21-10-4-2-5-11-21)24-14-8-9-15-25(24)30-23-12-6-3-7-13-23/h2-19H,1H3/b27-26-.